The second kappa shape index (κ2) is 6.29. The molecule has 0 aliphatic heterocycles. The molecule has 0 aliphatic carbocycles. The summed E-state index contributed by atoms with van der Waals surface area (Å²) >= 11 is 0. The summed E-state index contributed by atoms with van der Waals surface area (Å²) in [5.74, 6) is -1.13. The molecule has 0 bridgehead atoms. The van der Waals surface area contributed by atoms with Crippen LogP contribution in [-0.4, -0.2) is 36.2 Å². The standard InChI is InChI=1S/C16H15N5O4/c1-20-13-8-18-5-4-11(13)14(22)21(16(20)25)10-3-2-9(19-7-10)6-12(17)15(23)24/h2-5,7-8,12H,6,17H2,1H3,(H,23,24)/t12-/m0/s1. The molecule has 25 heavy (non-hydrogen) atoms. The molecule has 3 rings (SSSR count). The molecule has 1 atom stereocenters. The Morgan fingerprint density at radius 1 is 1.28 bits per heavy atom. The molecule has 0 amide bonds. The molecule has 0 saturated heterocycles. The van der Waals surface area contributed by atoms with Crippen LogP contribution in [0.3, 0.4) is 0 Å². The highest BCUT2D eigenvalue weighted by atomic mass is 16.4. The zero-order valence-electron chi connectivity index (χ0n) is 13.3. The first-order valence-corrected chi connectivity index (χ1v) is 7.39. The quantitative estimate of drug-likeness (QED) is 0.649. The van der Waals surface area contributed by atoms with Gasteiger partial charge in [-0.2, -0.15) is 0 Å². The van der Waals surface area contributed by atoms with Crippen LogP contribution in [0.15, 0.2) is 46.4 Å². The minimum absolute atomic E-state index is 0.0475. The summed E-state index contributed by atoms with van der Waals surface area (Å²) in [6.07, 6.45) is 4.33. The van der Waals surface area contributed by atoms with E-state index in [1.807, 2.05) is 0 Å². The predicted octanol–water partition coefficient (Wildman–Crippen LogP) is -0.566. The van der Waals surface area contributed by atoms with E-state index in [4.69, 9.17) is 10.8 Å². The van der Waals surface area contributed by atoms with E-state index in [1.165, 1.54) is 29.2 Å². The number of aryl methyl sites for hydroxylation is 1. The lowest BCUT2D eigenvalue weighted by molar-refractivity contribution is -0.138. The summed E-state index contributed by atoms with van der Waals surface area (Å²) in [4.78, 5) is 44.0. The van der Waals surface area contributed by atoms with E-state index < -0.39 is 23.3 Å². The summed E-state index contributed by atoms with van der Waals surface area (Å²) in [5.41, 5.74) is 5.65. The molecule has 3 aromatic rings. The number of carboxylic acid groups (broad SMARTS) is 1. The molecule has 0 saturated carbocycles. The molecular formula is C16H15N5O4. The van der Waals surface area contributed by atoms with Crippen LogP contribution in [0, 0.1) is 0 Å². The first kappa shape index (κ1) is 16.5. The number of hydrogen-bond acceptors (Lipinski definition) is 6. The summed E-state index contributed by atoms with van der Waals surface area (Å²) < 4.78 is 2.34. The predicted molar refractivity (Wildman–Crippen MR) is 89.7 cm³/mol. The third-order valence-corrected chi connectivity index (χ3v) is 3.89. The van der Waals surface area contributed by atoms with Gasteiger partial charge in [0, 0.05) is 25.4 Å². The Morgan fingerprint density at radius 2 is 2.04 bits per heavy atom. The molecule has 128 valence electrons. The van der Waals surface area contributed by atoms with Crippen LogP contribution in [0.5, 0.6) is 0 Å². The number of fused-ring (bicyclic) bond motifs is 1. The van der Waals surface area contributed by atoms with Crippen molar-refractivity contribution in [3.05, 3.63) is 63.3 Å². The number of carboxylic acids is 1. The van der Waals surface area contributed by atoms with Crippen molar-refractivity contribution in [2.45, 2.75) is 12.5 Å². The molecule has 9 nitrogen and oxygen atoms in total. The van der Waals surface area contributed by atoms with Gasteiger partial charge in [0.2, 0.25) is 0 Å². The van der Waals surface area contributed by atoms with Crippen molar-refractivity contribution in [2.75, 3.05) is 0 Å². The maximum atomic E-state index is 12.7. The Kier molecular flexibility index (Phi) is 4.15. The molecule has 0 aromatic carbocycles. The third kappa shape index (κ3) is 2.92. The van der Waals surface area contributed by atoms with Crippen LogP contribution in [0.1, 0.15) is 5.69 Å². The molecule has 0 radical (unpaired) electrons. The number of nitrogens with zero attached hydrogens (tertiary/aromatic N) is 4. The normalized spacial score (nSPS) is 12.2. The van der Waals surface area contributed by atoms with Crippen LogP contribution in [-0.2, 0) is 18.3 Å². The number of aromatic nitrogens is 4. The maximum absolute atomic E-state index is 12.7. The topological polar surface area (TPSA) is 133 Å². The van der Waals surface area contributed by atoms with Crippen molar-refractivity contribution < 1.29 is 9.90 Å². The summed E-state index contributed by atoms with van der Waals surface area (Å²) in [5, 5.41) is 9.19. The first-order valence-electron chi connectivity index (χ1n) is 7.39. The lowest BCUT2D eigenvalue weighted by atomic mass is 10.1. The number of hydrogen-bond donors (Lipinski definition) is 2. The highest BCUT2D eigenvalue weighted by molar-refractivity contribution is 5.77. The SMILES string of the molecule is Cn1c(=O)n(-c2ccc(C[C@H](N)C(=O)O)nc2)c(=O)c2ccncc21. The molecule has 0 spiro atoms. The second-order valence-electron chi connectivity index (χ2n) is 5.53. The number of carbonyl (C=O) groups is 1. The van der Waals surface area contributed by atoms with Gasteiger partial charge in [0.05, 0.1) is 29.0 Å². The van der Waals surface area contributed by atoms with E-state index in [0.29, 0.717) is 16.6 Å². The zero-order chi connectivity index (χ0) is 18.1. The van der Waals surface area contributed by atoms with Gasteiger partial charge in [0.1, 0.15) is 6.04 Å². The van der Waals surface area contributed by atoms with Crippen LogP contribution in [0.25, 0.3) is 16.6 Å². The second-order valence-corrected chi connectivity index (χ2v) is 5.53. The molecular weight excluding hydrogens is 326 g/mol. The van der Waals surface area contributed by atoms with Gasteiger partial charge in [-0.3, -0.25) is 24.1 Å². The van der Waals surface area contributed by atoms with Crippen LogP contribution in [0.2, 0.25) is 0 Å². The van der Waals surface area contributed by atoms with Crippen LogP contribution >= 0.6 is 0 Å². The number of pyridine rings is 2. The van der Waals surface area contributed by atoms with E-state index in [1.54, 1.807) is 19.2 Å². The van der Waals surface area contributed by atoms with Gasteiger partial charge in [-0.15, -0.1) is 0 Å². The first-order chi connectivity index (χ1) is 11.9. The summed E-state index contributed by atoms with van der Waals surface area (Å²) in [7, 11) is 1.55. The minimum atomic E-state index is -1.13. The van der Waals surface area contributed by atoms with Crippen molar-refractivity contribution in [2.24, 2.45) is 12.8 Å². The van der Waals surface area contributed by atoms with Gasteiger partial charge in [-0.05, 0) is 18.2 Å². The monoisotopic (exact) mass is 341 g/mol. The lowest BCUT2D eigenvalue weighted by Gasteiger charge is -2.11. The van der Waals surface area contributed by atoms with Crippen LogP contribution < -0.4 is 17.0 Å². The van der Waals surface area contributed by atoms with Crippen molar-refractivity contribution in [3.8, 4) is 5.69 Å². The van der Waals surface area contributed by atoms with Crippen molar-refractivity contribution in [3.63, 3.8) is 0 Å². The minimum Gasteiger partial charge on any atom is -0.480 e. The molecule has 3 heterocycles. The Morgan fingerprint density at radius 3 is 2.68 bits per heavy atom. The van der Waals surface area contributed by atoms with Gasteiger partial charge in [0.25, 0.3) is 5.56 Å². The van der Waals surface area contributed by atoms with Gasteiger partial charge >= 0.3 is 11.7 Å². The third-order valence-electron chi connectivity index (χ3n) is 3.89. The van der Waals surface area contributed by atoms with Crippen molar-refractivity contribution in [1.82, 2.24) is 19.1 Å². The molecule has 0 fully saturated rings. The number of rotatable bonds is 4. The average molecular weight is 341 g/mol. The Labute approximate surface area is 141 Å². The van der Waals surface area contributed by atoms with Gasteiger partial charge in [-0.1, -0.05) is 0 Å². The summed E-state index contributed by atoms with van der Waals surface area (Å²) in [6, 6.07) is 3.55. The zero-order valence-corrected chi connectivity index (χ0v) is 13.3. The molecule has 9 heteroatoms. The van der Waals surface area contributed by atoms with E-state index in [-0.39, 0.29) is 12.1 Å². The fourth-order valence-electron chi connectivity index (χ4n) is 2.50. The number of aliphatic carboxylic acids is 1. The van der Waals surface area contributed by atoms with Gasteiger partial charge < -0.3 is 10.8 Å². The molecule has 0 unspecified atom stereocenters. The Balaban J connectivity index is 2.10. The Hall–Kier alpha value is -3.33. The van der Waals surface area contributed by atoms with E-state index >= 15 is 0 Å². The van der Waals surface area contributed by atoms with Crippen molar-refractivity contribution in [1.29, 1.82) is 0 Å². The van der Waals surface area contributed by atoms with E-state index in [9.17, 15) is 14.4 Å². The van der Waals surface area contributed by atoms with Gasteiger partial charge in [-0.25, -0.2) is 9.36 Å². The largest absolute Gasteiger partial charge is 0.480 e. The van der Waals surface area contributed by atoms with E-state index in [2.05, 4.69) is 9.97 Å². The summed E-state index contributed by atoms with van der Waals surface area (Å²) in [6.45, 7) is 0. The lowest BCUT2D eigenvalue weighted by Crippen LogP contribution is -2.38. The average Bonchev–Trinajstić information content (AvgIpc) is 2.61. The fourth-order valence-corrected chi connectivity index (χ4v) is 2.50. The van der Waals surface area contributed by atoms with Crippen molar-refractivity contribution >= 4 is 16.9 Å². The van der Waals surface area contributed by atoms with E-state index in [0.717, 1.165) is 4.57 Å². The molecule has 0 aliphatic rings. The number of nitrogens with two attached hydrogens (primary N) is 1. The smallest absolute Gasteiger partial charge is 0.335 e. The maximum Gasteiger partial charge on any atom is 0.335 e. The Bertz CT molecular complexity index is 1070. The highest BCUT2D eigenvalue weighted by Crippen LogP contribution is 2.08. The molecule has 3 N–H and O–H groups in total. The van der Waals surface area contributed by atoms with Gasteiger partial charge in [0.15, 0.2) is 0 Å². The fraction of sp³-hybridized carbons (Fsp3) is 0.188. The highest BCUT2D eigenvalue weighted by Gasteiger charge is 2.15. The van der Waals surface area contributed by atoms with Crippen LogP contribution in [0.4, 0.5) is 0 Å². The molecule has 3 aromatic heterocycles.